The molecule has 0 fully saturated rings. The third kappa shape index (κ3) is 3.28. The van der Waals surface area contributed by atoms with E-state index in [1.54, 1.807) is 26.3 Å². The normalized spacial score (nSPS) is 10.0. The predicted octanol–water partition coefficient (Wildman–Crippen LogP) is 1.72. The minimum Gasteiger partial charge on any atom is -0.496 e. The van der Waals surface area contributed by atoms with Crippen molar-refractivity contribution in [1.82, 2.24) is 15.3 Å². The Kier molecular flexibility index (Phi) is 4.07. The van der Waals surface area contributed by atoms with Crippen LogP contribution in [-0.2, 0) is 6.54 Å². The Morgan fingerprint density at radius 2 is 2.11 bits per heavy atom. The molecule has 19 heavy (non-hydrogen) atoms. The van der Waals surface area contributed by atoms with Crippen molar-refractivity contribution in [1.29, 1.82) is 0 Å². The predicted molar refractivity (Wildman–Crippen MR) is 70.9 cm³/mol. The minimum atomic E-state index is -0.226. The number of para-hydroxylation sites is 1. The summed E-state index contributed by atoms with van der Waals surface area (Å²) in [5.74, 6) is 1.10. The van der Waals surface area contributed by atoms with Crippen molar-refractivity contribution in [2.75, 3.05) is 7.11 Å². The van der Waals surface area contributed by atoms with Crippen LogP contribution in [0.4, 0.5) is 0 Å². The number of methoxy groups -OCH3 is 1. The SMILES string of the molecule is COc1ccccc1CNC(=O)c1ccnc(C)n1. The summed E-state index contributed by atoms with van der Waals surface area (Å²) in [7, 11) is 1.61. The van der Waals surface area contributed by atoms with Crippen LogP contribution in [0.15, 0.2) is 36.5 Å². The molecule has 0 aliphatic rings. The van der Waals surface area contributed by atoms with Crippen LogP contribution in [0.1, 0.15) is 21.9 Å². The summed E-state index contributed by atoms with van der Waals surface area (Å²) in [4.78, 5) is 20.0. The molecular weight excluding hydrogens is 242 g/mol. The summed E-state index contributed by atoms with van der Waals surface area (Å²) < 4.78 is 5.23. The molecule has 98 valence electrons. The van der Waals surface area contributed by atoms with E-state index in [2.05, 4.69) is 15.3 Å². The third-order valence-electron chi connectivity index (χ3n) is 2.64. The summed E-state index contributed by atoms with van der Waals surface area (Å²) in [5.41, 5.74) is 1.28. The van der Waals surface area contributed by atoms with Gasteiger partial charge in [0.05, 0.1) is 7.11 Å². The first-order chi connectivity index (χ1) is 9.20. The number of aromatic nitrogens is 2. The first-order valence-electron chi connectivity index (χ1n) is 5.90. The molecule has 0 unspecified atom stereocenters. The quantitative estimate of drug-likeness (QED) is 0.905. The van der Waals surface area contributed by atoms with Gasteiger partial charge in [-0.25, -0.2) is 9.97 Å². The number of nitrogens with zero attached hydrogens (tertiary/aromatic N) is 2. The third-order valence-corrected chi connectivity index (χ3v) is 2.64. The molecule has 0 spiro atoms. The van der Waals surface area contributed by atoms with Crippen LogP contribution >= 0.6 is 0 Å². The summed E-state index contributed by atoms with van der Waals surface area (Å²) in [6.07, 6.45) is 1.57. The van der Waals surface area contributed by atoms with Crippen molar-refractivity contribution in [2.45, 2.75) is 13.5 Å². The van der Waals surface area contributed by atoms with Gasteiger partial charge in [0.25, 0.3) is 5.91 Å². The average molecular weight is 257 g/mol. The highest BCUT2D eigenvalue weighted by molar-refractivity contribution is 5.92. The van der Waals surface area contributed by atoms with E-state index in [-0.39, 0.29) is 5.91 Å². The van der Waals surface area contributed by atoms with Gasteiger partial charge in [-0.1, -0.05) is 18.2 Å². The van der Waals surface area contributed by atoms with E-state index in [1.165, 1.54) is 0 Å². The van der Waals surface area contributed by atoms with Crippen molar-refractivity contribution in [2.24, 2.45) is 0 Å². The molecule has 0 radical (unpaired) electrons. The summed E-state index contributed by atoms with van der Waals surface area (Å²) in [6.45, 7) is 2.14. The molecule has 0 aliphatic heterocycles. The van der Waals surface area contributed by atoms with Crippen LogP contribution in [0.2, 0.25) is 0 Å². The van der Waals surface area contributed by atoms with Gasteiger partial charge in [-0.15, -0.1) is 0 Å². The van der Waals surface area contributed by atoms with Gasteiger partial charge in [0.1, 0.15) is 17.3 Å². The highest BCUT2D eigenvalue weighted by Crippen LogP contribution is 2.16. The number of aryl methyl sites for hydroxylation is 1. The van der Waals surface area contributed by atoms with Crippen molar-refractivity contribution in [3.8, 4) is 5.75 Å². The molecule has 1 amide bonds. The molecule has 0 aliphatic carbocycles. The molecule has 5 heteroatoms. The van der Waals surface area contributed by atoms with E-state index in [0.29, 0.717) is 18.1 Å². The average Bonchev–Trinajstić information content (AvgIpc) is 2.45. The van der Waals surface area contributed by atoms with Gasteiger partial charge in [-0.05, 0) is 19.1 Å². The fraction of sp³-hybridized carbons (Fsp3) is 0.214. The molecule has 0 saturated heterocycles. The Balaban J connectivity index is 2.04. The van der Waals surface area contributed by atoms with Crippen molar-refractivity contribution in [3.05, 3.63) is 53.6 Å². The Hall–Kier alpha value is -2.43. The highest BCUT2D eigenvalue weighted by atomic mass is 16.5. The molecule has 0 bridgehead atoms. The first-order valence-corrected chi connectivity index (χ1v) is 5.90. The van der Waals surface area contributed by atoms with Gasteiger partial charge in [-0.3, -0.25) is 4.79 Å². The molecule has 0 saturated carbocycles. The van der Waals surface area contributed by atoms with Crippen LogP contribution in [0.5, 0.6) is 5.75 Å². The maximum Gasteiger partial charge on any atom is 0.270 e. The number of benzene rings is 1. The number of hydrogen-bond donors (Lipinski definition) is 1. The lowest BCUT2D eigenvalue weighted by Gasteiger charge is -2.09. The number of amides is 1. The Morgan fingerprint density at radius 1 is 1.32 bits per heavy atom. The van der Waals surface area contributed by atoms with Crippen molar-refractivity contribution in [3.63, 3.8) is 0 Å². The van der Waals surface area contributed by atoms with E-state index in [9.17, 15) is 4.79 Å². The minimum absolute atomic E-state index is 0.226. The van der Waals surface area contributed by atoms with Gasteiger partial charge in [0, 0.05) is 18.3 Å². The molecule has 1 N–H and O–H groups in total. The van der Waals surface area contributed by atoms with Crippen LogP contribution in [0.3, 0.4) is 0 Å². The number of ether oxygens (including phenoxy) is 1. The molecule has 1 aromatic heterocycles. The molecule has 5 nitrogen and oxygen atoms in total. The van der Waals surface area contributed by atoms with Crippen molar-refractivity contribution >= 4 is 5.91 Å². The maximum absolute atomic E-state index is 11.9. The van der Waals surface area contributed by atoms with Gasteiger partial charge in [0.2, 0.25) is 0 Å². The molecule has 2 rings (SSSR count). The van der Waals surface area contributed by atoms with Crippen molar-refractivity contribution < 1.29 is 9.53 Å². The van der Waals surface area contributed by atoms with E-state index in [0.717, 1.165) is 11.3 Å². The fourth-order valence-electron chi connectivity index (χ4n) is 1.70. The lowest BCUT2D eigenvalue weighted by atomic mass is 10.2. The smallest absolute Gasteiger partial charge is 0.270 e. The summed E-state index contributed by atoms with van der Waals surface area (Å²) >= 11 is 0. The van der Waals surface area contributed by atoms with E-state index in [1.807, 2.05) is 24.3 Å². The van der Waals surface area contributed by atoms with Crippen LogP contribution in [-0.4, -0.2) is 23.0 Å². The second kappa shape index (κ2) is 5.95. The standard InChI is InChI=1S/C14H15N3O2/c1-10-15-8-7-12(17-10)14(18)16-9-11-5-3-4-6-13(11)19-2/h3-8H,9H2,1-2H3,(H,16,18). The molecular formula is C14H15N3O2. The van der Waals surface area contributed by atoms with Gasteiger partial charge in [-0.2, -0.15) is 0 Å². The van der Waals surface area contributed by atoms with E-state index in [4.69, 9.17) is 4.74 Å². The molecule has 0 atom stereocenters. The summed E-state index contributed by atoms with van der Waals surface area (Å²) in [5, 5.41) is 2.81. The zero-order chi connectivity index (χ0) is 13.7. The Morgan fingerprint density at radius 3 is 2.84 bits per heavy atom. The Bertz CT molecular complexity index is 584. The monoisotopic (exact) mass is 257 g/mol. The van der Waals surface area contributed by atoms with Gasteiger partial charge >= 0.3 is 0 Å². The second-order valence-corrected chi connectivity index (χ2v) is 3.98. The largest absolute Gasteiger partial charge is 0.496 e. The highest BCUT2D eigenvalue weighted by Gasteiger charge is 2.08. The zero-order valence-electron chi connectivity index (χ0n) is 10.9. The topological polar surface area (TPSA) is 64.1 Å². The fourth-order valence-corrected chi connectivity index (χ4v) is 1.70. The lowest BCUT2D eigenvalue weighted by Crippen LogP contribution is -2.24. The number of carbonyl (C=O) groups excluding carboxylic acids is 1. The summed E-state index contributed by atoms with van der Waals surface area (Å²) in [6, 6.07) is 9.14. The van der Waals surface area contributed by atoms with E-state index >= 15 is 0 Å². The van der Waals surface area contributed by atoms with E-state index < -0.39 is 0 Å². The second-order valence-electron chi connectivity index (χ2n) is 3.98. The van der Waals surface area contributed by atoms with Crippen LogP contribution < -0.4 is 10.1 Å². The molecule has 1 heterocycles. The number of hydrogen-bond acceptors (Lipinski definition) is 4. The Labute approximate surface area is 111 Å². The van der Waals surface area contributed by atoms with Crippen LogP contribution in [0, 0.1) is 6.92 Å². The van der Waals surface area contributed by atoms with Crippen LogP contribution in [0.25, 0.3) is 0 Å². The number of nitrogens with one attached hydrogen (secondary N) is 1. The molecule has 1 aromatic carbocycles. The number of carbonyl (C=O) groups is 1. The van der Waals surface area contributed by atoms with Gasteiger partial charge < -0.3 is 10.1 Å². The maximum atomic E-state index is 11.9. The zero-order valence-corrected chi connectivity index (χ0v) is 10.9. The lowest BCUT2D eigenvalue weighted by molar-refractivity contribution is 0.0945. The molecule has 2 aromatic rings. The van der Waals surface area contributed by atoms with Gasteiger partial charge in [0.15, 0.2) is 0 Å². The first kappa shape index (κ1) is 13.0. The number of rotatable bonds is 4.